The lowest BCUT2D eigenvalue weighted by molar-refractivity contribution is -0.138. The van der Waals surface area contributed by atoms with Crippen LogP contribution in [0.15, 0.2) is 24.5 Å². The fraction of sp³-hybridized carbons (Fsp3) is 0.182. The molecule has 0 unspecified atom stereocenters. The van der Waals surface area contributed by atoms with Gasteiger partial charge in [0.25, 0.3) is 0 Å². The van der Waals surface area contributed by atoms with E-state index in [4.69, 9.17) is 5.11 Å². The fourth-order valence-electron chi connectivity index (χ4n) is 1.51. The predicted octanol–water partition coefficient (Wildman–Crippen LogP) is 2.29. The third-order valence-electron chi connectivity index (χ3n) is 2.41. The maximum absolute atomic E-state index is 12.7. The quantitative estimate of drug-likeness (QED) is 0.909. The van der Waals surface area contributed by atoms with Gasteiger partial charge < -0.3 is 9.67 Å². The predicted molar refractivity (Wildman–Crippen MR) is 58.1 cm³/mol. The SMILES string of the molecule is Cc1ccc(-n2cc(C(=O)O)c(C(F)(F)F)c2)nn1. The Morgan fingerprint density at radius 3 is 2.37 bits per heavy atom. The zero-order chi connectivity index (χ0) is 14.2. The number of halogens is 3. The molecule has 8 heteroatoms. The molecule has 2 rings (SSSR count). The van der Waals surface area contributed by atoms with E-state index in [0.717, 1.165) is 10.8 Å². The molecule has 0 amide bonds. The van der Waals surface area contributed by atoms with Crippen molar-refractivity contribution in [3.63, 3.8) is 0 Å². The molecule has 0 bridgehead atoms. The van der Waals surface area contributed by atoms with Gasteiger partial charge >= 0.3 is 12.1 Å². The highest BCUT2D eigenvalue weighted by Crippen LogP contribution is 2.33. The van der Waals surface area contributed by atoms with Crippen LogP contribution in [-0.4, -0.2) is 25.8 Å². The van der Waals surface area contributed by atoms with E-state index < -0.39 is 23.3 Å². The second-order valence-electron chi connectivity index (χ2n) is 3.83. The second kappa shape index (κ2) is 4.38. The lowest BCUT2D eigenvalue weighted by Gasteiger charge is -2.04. The van der Waals surface area contributed by atoms with E-state index in [9.17, 15) is 18.0 Å². The van der Waals surface area contributed by atoms with Crippen LogP contribution in [0.5, 0.6) is 0 Å². The number of carbonyl (C=O) groups is 1. The summed E-state index contributed by atoms with van der Waals surface area (Å²) >= 11 is 0. The van der Waals surface area contributed by atoms with Gasteiger partial charge in [-0.2, -0.15) is 18.3 Å². The molecule has 0 atom stereocenters. The topological polar surface area (TPSA) is 68.0 Å². The van der Waals surface area contributed by atoms with Gasteiger partial charge in [-0.3, -0.25) is 0 Å². The van der Waals surface area contributed by atoms with Gasteiger partial charge in [0, 0.05) is 12.4 Å². The first-order valence-corrected chi connectivity index (χ1v) is 5.12. The van der Waals surface area contributed by atoms with Gasteiger partial charge in [0.05, 0.1) is 16.8 Å². The number of aryl methyl sites for hydroxylation is 1. The minimum Gasteiger partial charge on any atom is -0.478 e. The third-order valence-corrected chi connectivity index (χ3v) is 2.41. The molecule has 2 heterocycles. The monoisotopic (exact) mass is 271 g/mol. The molecule has 2 aromatic heterocycles. The van der Waals surface area contributed by atoms with E-state index in [2.05, 4.69) is 10.2 Å². The summed E-state index contributed by atoms with van der Waals surface area (Å²) < 4.78 is 39.1. The molecule has 0 aliphatic heterocycles. The van der Waals surface area contributed by atoms with E-state index in [1.165, 1.54) is 6.07 Å². The molecule has 19 heavy (non-hydrogen) atoms. The molecule has 5 nitrogen and oxygen atoms in total. The molecule has 0 radical (unpaired) electrons. The van der Waals surface area contributed by atoms with E-state index in [-0.39, 0.29) is 5.82 Å². The van der Waals surface area contributed by atoms with Crippen molar-refractivity contribution in [2.45, 2.75) is 13.1 Å². The highest BCUT2D eigenvalue weighted by molar-refractivity contribution is 5.89. The van der Waals surface area contributed by atoms with Gasteiger partial charge in [-0.25, -0.2) is 4.79 Å². The summed E-state index contributed by atoms with van der Waals surface area (Å²) in [5.41, 5.74) is -1.44. The summed E-state index contributed by atoms with van der Waals surface area (Å²) in [7, 11) is 0. The summed E-state index contributed by atoms with van der Waals surface area (Å²) in [5.74, 6) is -1.53. The molecule has 0 saturated carbocycles. The van der Waals surface area contributed by atoms with Crippen molar-refractivity contribution in [3.8, 4) is 5.82 Å². The molecule has 0 spiro atoms. The summed E-state index contributed by atoms with van der Waals surface area (Å²) in [6.07, 6.45) is -3.19. The molecule has 0 fully saturated rings. The van der Waals surface area contributed by atoms with E-state index in [0.29, 0.717) is 11.9 Å². The largest absolute Gasteiger partial charge is 0.478 e. The van der Waals surface area contributed by atoms with Crippen molar-refractivity contribution < 1.29 is 23.1 Å². The molecular weight excluding hydrogens is 263 g/mol. The molecule has 0 aliphatic carbocycles. The number of rotatable bonds is 2. The Hall–Kier alpha value is -2.38. The number of aromatic nitrogens is 3. The first-order chi connectivity index (χ1) is 8.79. The van der Waals surface area contributed by atoms with Gasteiger partial charge in [-0.15, -0.1) is 5.10 Å². The van der Waals surface area contributed by atoms with Crippen LogP contribution >= 0.6 is 0 Å². The Morgan fingerprint density at radius 2 is 1.95 bits per heavy atom. The zero-order valence-corrected chi connectivity index (χ0v) is 9.64. The summed E-state index contributed by atoms with van der Waals surface area (Å²) in [6.45, 7) is 1.68. The number of alkyl halides is 3. The normalized spacial score (nSPS) is 11.6. The first kappa shape index (κ1) is 13.1. The molecular formula is C11H8F3N3O2. The van der Waals surface area contributed by atoms with Crippen LogP contribution in [0.2, 0.25) is 0 Å². The van der Waals surface area contributed by atoms with Gasteiger partial charge in [0.1, 0.15) is 0 Å². The molecule has 0 aromatic carbocycles. The van der Waals surface area contributed by atoms with E-state index in [1.807, 2.05) is 0 Å². The number of carboxylic acids is 1. The first-order valence-electron chi connectivity index (χ1n) is 5.12. The summed E-state index contributed by atoms with van der Waals surface area (Å²) in [4.78, 5) is 10.8. The Bertz CT molecular complexity index is 617. The van der Waals surface area contributed by atoms with Crippen LogP contribution in [0.4, 0.5) is 13.2 Å². The van der Waals surface area contributed by atoms with Crippen molar-refractivity contribution in [2.24, 2.45) is 0 Å². The molecule has 1 N–H and O–H groups in total. The number of carboxylic acid groups (broad SMARTS) is 1. The van der Waals surface area contributed by atoms with E-state index in [1.54, 1.807) is 13.0 Å². The van der Waals surface area contributed by atoms with Crippen molar-refractivity contribution >= 4 is 5.97 Å². The minimum atomic E-state index is -4.74. The zero-order valence-electron chi connectivity index (χ0n) is 9.64. The summed E-state index contributed by atoms with van der Waals surface area (Å²) in [5, 5.41) is 16.2. The maximum Gasteiger partial charge on any atom is 0.418 e. The van der Waals surface area contributed by atoms with Crippen molar-refractivity contribution in [1.82, 2.24) is 14.8 Å². The molecule has 0 saturated heterocycles. The van der Waals surface area contributed by atoms with Crippen molar-refractivity contribution in [2.75, 3.05) is 0 Å². The lowest BCUT2D eigenvalue weighted by Crippen LogP contribution is -2.09. The summed E-state index contributed by atoms with van der Waals surface area (Å²) in [6, 6.07) is 3.02. The van der Waals surface area contributed by atoms with Gasteiger partial charge in [0.15, 0.2) is 5.82 Å². The highest BCUT2D eigenvalue weighted by atomic mass is 19.4. The number of hydrogen-bond acceptors (Lipinski definition) is 3. The van der Waals surface area contributed by atoms with Crippen LogP contribution < -0.4 is 0 Å². The Morgan fingerprint density at radius 1 is 1.26 bits per heavy atom. The van der Waals surface area contributed by atoms with Crippen LogP contribution in [-0.2, 0) is 6.18 Å². The standard InChI is InChI=1S/C11H8F3N3O2/c1-6-2-3-9(16-15-6)17-4-7(10(18)19)8(5-17)11(12,13)14/h2-5H,1H3,(H,18,19). The Kier molecular flexibility index (Phi) is 3.01. The number of hydrogen-bond donors (Lipinski definition) is 1. The molecule has 100 valence electrons. The van der Waals surface area contributed by atoms with Crippen LogP contribution in [0.25, 0.3) is 5.82 Å². The second-order valence-corrected chi connectivity index (χ2v) is 3.83. The average Bonchev–Trinajstić information content (AvgIpc) is 2.74. The Labute approximate surface area is 105 Å². The van der Waals surface area contributed by atoms with Gasteiger partial charge in [-0.05, 0) is 19.1 Å². The molecule has 2 aromatic rings. The fourth-order valence-corrected chi connectivity index (χ4v) is 1.51. The third kappa shape index (κ3) is 2.56. The minimum absolute atomic E-state index is 0.114. The van der Waals surface area contributed by atoms with Crippen molar-refractivity contribution in [3.05, 3.63) is 41.3 Å². The smallest absolute Gasteiger partial charge is 0.418 e. The highest BCUT2D eigenvalue weighted by Gasteiger charge is 2.37. The van der Waals surface area contributed by atoms with Crippen LogP contribution in [0.3, 0.4) is 0 Å². The van der Waals surface area contributed by atoms with Crippen molar-refractivity contribution in [1.29, 1.82) is 0 Å². The average molecular weight is 271 g/mol. The maximum atomic E-state index is 12.7. The van der Waals surface area contributed by atoms with Crippen LogP contribution in [0, 0.1) is 6.92 Å². The Balaban J connectivity index is 2.55. The number of nitrogens with zero attached hydrogens (tertiary/aromatic N) is 3. The lowest BCUT2D eigenvalue weighted by atomic mass is 10.2. The molecule has 0 aliphatic rings. The van der Waals surface area contributed by atoms with E-state index >= 15 is 0 Å². The van der Waals surface area contributed by atoms with Gasteiger partial charge in [-0.1, -0.05) is 0 Å². The number of aromatic carboxylic acids is 1. The van der Waals surface area contributed by atoms with Crippen LogP contribution in [0.1, 0.15) is 21.6 Å². The van der Waals surface area contributed by atoms with Gasteiger partial charge in [0.2, 0.25) is 0 Å².